The molecule has 3 heteroatoms. The highest BCUT2D eigenvalue weighted by molar-refractivity contribution is 8.10. The maximum Gasteiger partial charge on any atom is 0.137 e. The van der Waals surface area contributed by atoms with E-state index in [0.29, 0.717) is 4.32 Å². The van der Waals surface area contributed by atoms with Crippen LogP contribution >= 0.6 is 24.8 Å². The number of thiol groups is 1. The van der Waals surface area contributed by atoms with Gasteiger partial charge in [-0.25, -0.2) is 0 Å². The molecule has 1 rings (SSSR count). The summed E-state index contributed by atoms with van der Waals surface area (Å²) in [5.74, 6) is 0. The fourth-order valence-electron chi connectivity index (χ4n) is 0.990. The monoisotopic (exact) mass is 209 g/mol. The van der Waals surface area contributed by atoms with E-state index in [1.165, 1.54) is 5.56 Å². The molecule has 0 amide bonds. The average Bonchev–Trinajstić information content (AvgIpc) is 2.15. The van der Waals surface area contributed by atoms with Gasteiger partial charge in [0.25, 0.3) is 0 Å². The summed E-state index contributed by atoms with van der Waals surface area (Å²) >= 11 is 9.02. The molecule has 68 valence electrons. The van der Waals surface area contributed by atoms with Crippen LogP contribution in [0.15, 0.2) is 43.1 Å². The molecule has 0 saturated carbocycles. The lowest BCUT2D eigenvalue weighted by atomic mass is 10.2. The number of benzene rings is 1. The number of rotatable bonds is 3. The van der Waals surface area contributed by atoms with E-state index in [0.717, 1.165) is 6.54 Å². The van der Waals surface area contributed by atoms with Crippen LogP contribution in [0, 0.1) is 0 Å². The van der Waals surface area contributed by atoms with Crippen LogP contribution in [-0.2, 0) is 6.54 Å². The van der Waals surface area contributed by atoms with E-state index in [1.54, 1.807) is 6.20 Å². The lowest BCUT2D eigenvalue weighted by Gasteiger charge is -2.16. The molecule has 1 aromatic rings. The van der Waals surface area contributed by atoms with Gasteiger partial charge >= 0.3 is 0 Å². The Morgan fingerprint density at radius 3 is 2.54 bits per heavy atom. The van der Waals surface area contributed by atoms with Gasteiger partial charge in [0.15, 0.2) is 0 Å². The van der Waals surface area contributed by atoms with Crippen LogP contribution in [0.25, 0.3) is 0 Å². The van der Waals surface area contributed by atoms with E-state index in [4.69, 9.17) is 12.2 Å². The smallest absolute Gasteiger partial charge is 0.137 e. The minimum atomic E-state index is 0.541. The highest BCUT2D eigenvalue weighted by Gasteiger charge is 2.01. The van der Waals surface area contributed by atoms with Crippen molar-refractivity contribution in [1.82, 2.24) is 4.90 Å². The van der Waals surface area contributed by atoms with Crippen molar-refractivity contribution in [3.63, 3.8) is 0 Å². The van der Waals surface area contributed by atoms with Gasteiger partial charge in [0.05, 0.1) is 0 Å². The third-order valence-corrected chi connectivity index (χ3v) is 2.15. The topological polar surface area (TPSA) is 3.24 Å². The van der Waals surface area contributed by atoms with Crippen molar-refractivity contribution in [1.29, 1.82) is 0 Å². The van der Waals surface area contributed by atoms with Crippen molar-refractivity contribution in [2.24, 2.45) is 0 Å². The van der Waals surface area contributed by atoms with Gasteiger partial charge in [-0.2, -0.15) is 0 Å². The maximum atomic E-state index is 4.93. The highest BCUT2D eigenvalue weighted by Crippen LogP contribution is 2.06. The average molecular weight is 209 g/mol. The fourth-order valence-corrected chi connectivity index (χ4v) is 1.28. The molecule has 0 bridgehead atoms. The molecule has 0 saturated heterocycles. The molecule has 0 aromatic heterocycles. The standard InChI is InChI=1S/C10H11NS2/c1-2-11(10(12)13)8-9-6-4-3-5-7-9/h2-7H,1,8H2,(H,12,13). The summed E-state index contributed by atoms with van der Waals surface area (Å²) in [6, 6.07) is 10.1. The Kier molecular flexibility index (Phi) is 3.99. The molecule has 1 nitrogen and oxygen atoms in total. The maximum absolute atomic E-state index is 4.93. The van der Waals surface area contributed by atoms with Gasteiger partial charge in [-0.05, 0) is 11.8 Å². The molecule has 13 heavy (non-hydrogen) atoms. The molecule has 0 heterocycles. The van der Waals surface area contributed by atoms with E-state index in [-0.39, 0.29) is 0 Å². The molecule has 0 atom stereocenters. The van der Waals surface area contributed by atoms with Crippen molar-refractivity contribution in [3.05, 3.63) is 48.7 Å². The lowest BCUT2D eigenvalue weighted by Crippen LogP contribution is -2.18. The van der Waals surface area contributed by atoms with E-state index in [2.05, 4.69) is 19.2 Å². The summed E-state index contributed by atoms with van der Waals surface area (Å²) in [5.41, 5.74) is 1.19. The second kappa shape index (κ2) is 5.04. The summed E-state index contributed by atoms with van der Waals surface area (Å²) in [6.45, 7) is 4.40. The quantitative estimate of drug-likeness (QED) is 0.602. The van der Waals surface area contributed by atoms with Crippen molar-refractivity contribution < 1.29 is 0 Å². The number of hydrogen-bond acceptors (Lipinski definition) is 1. The number of thiocarbonyl (C=S) groups is 1. The van der Waals surface area contributed by atoms with Gasteiger partial charge in [0.1, 0.15) is 4.32 Å². The van der Waals surface area contributed by atoms with Crippen molar-refractivity contribution in [2.75, 3.05) is 0 Å². The Labute approximate surface area is 89.5 Å². The fraction of sp³-hybridized carbons (Fsp3) is 0.100. The SMILES string of the molecule is C=CN(Cc1ccccc1)C(=S)S. The molecule has 0 aliphatic carbocycles. The molecular weight excluding hydrogens is 198 g/mol. The summed E-state index contributed by atoms with van der Waals surface area (Å²) < 4.78 is 0.541. The first-order chi connectivity index (χ1) is 6.24. The largest absolute Gasteiger partial charge is 0.330 e. The van der Waals surface area contributed by atoms with Crippen molar-refractivity contribution in [2.45, 2.75) is 6.54 Å². The Bertz CT molecular complexity index is 295. The van der Waals surface area contributed by atoms with E-state index in [9.17, 15) is 0 Å². The summed E-state index contributed by atoms with van der Waals surface area (Å²) in [7, 11) is 0. The van der Waals surface area contributed by atoms with E-state index >= 15 is 0 Å². The molecule has 0 fully saturated rings. The number of nitrogens with zero attached hydrogens (tertiary/aromatic N) is 1. The second-order valence-electron chi connectivity index (χ2n) is 2.58. The minimum absolute atomic E-state index is 0.541. The van der Waals surface area contributed by atoms with Crippen LogP contribution in [0.1, 0.15) is 5.56 Å². The second-order valence-corrected chi connectivity index (χ2v) is 3.69. The Balaban J connectivity index is 2.67. The molecule has 0 N–H and O–H groups in total. The van der Waals surface area contributed by atoms with Crippen molar-refractivity contribution in [3.8, 4) is 0 Å². The summed E-state index contributed by atoms with van der Waals surface area (Å²) in [5, 5.41) is 0. The van der Waals surface area contributed by atoms with Gasteiger partial charge in [-0.1, -0.05) is 49.1 Å². The Hall–Kier alpha value is -0.800. The third kappa shape index (κ3) is 3.20. The minimum Gasteiger partial charge on any atom is -0.330 e. The molecule has 0 spiro atoms. The first-order valence-electron chi connectivity index (χ1n) is 3.90. The van der Waals surface area contributed by atoms with Crippen LogP contribution < -0.4 is 0 Å². The highest BCUT2D eigenvalue weighted by atomic mass is 32.1. The first-order valence-corrected chi connectivity index (χ1v) is 4.75. The van der Waals surface area contributed by atoms with Gasteiger partial charge in [0.2, 0.25) is 0 Å². The van der Waals surface area contributed by atoms with Crippen LogP contribution in [0.4, 0.5) is 0 Å². The lowest BCUT2D eigenvalue weighted by molar-refractivity contribution is 0.574. The third-order valence-electron chi connectivity index (χ3n) is 1.66. The van der Waals surface area contributed by atoms with Crippen LogP contribution in [0.5, 0.6) is 0 Å². The van der Waals surface area contributed by atoms with Gasteiger partial charge < -0.3 is 4.90 Å². The number of hydrogen-bond donors (Lipinski definition) is 1. The summed E-state index contributed by atoms with van der Waals surface area (Å²) in [6.07, 6.45) is 1.68. The molecule has 1 aromatic carbocycles. The zero-order valence-corrected chi connectivity index (χ0v) is 8.89. The summed E-state index contributed by atoms with van der Waals surface area (Å²) in [4.78, 5) is 1.81. The predicted molar refractivity (Wildman–Crippen MR) is 63.8 cm³/mol. The van der Waals surface area contributed by atoms with E-state index in [1.807, 2.05) is 35.2 Å². The molecule has 0 aliphatic rings. The molecule has 0 aliphatic heterocycles. The molecular formula is C10H11NS2. The van der Waals surface area contributed by atoms with Gasteiger partial charge in [-0.3, -0.25) is 0 Å². The normalized spacial score (nSPS) is 9.31. The van der Waals surface area contributed by atoms with Crippen molar-refractivity contribution >= 4 is 29.2 Å². The zero-order chi connectivity index (χ0) is 9.68. The van der Waals surface area contributed by atoms with Crippen LogP contribution in [-0.4, -0.2) is 9.22 Å². The zero-order valence-electron chi connectivity index (χ0n) is 7.18. The van der Waals surface area contributed by atoms with Gasteiger partial charge in [-0.15, -0.1) is 12.6 Å². The first kappa shape index (κ1) is 10.3. The van der Waals surface area contributed by atoms with Crippen LogP contribution in [0.3, 0.4) is 0 Å². The molecule has 0 unspecified atom stereocenters. The van der Waals surface area contributed by atoms with Gasteiger partial charge in [0, 0.05) is 6.54 Å². The predicted octanol–water partition coefficient (Wildman–Crippen LogP) is 2.85. The molecule has 0 radical (unpaired) electrons. The van der Waals surface area contributed by atoms with E-state index < -0.39 is 0 Å². The Morgan fingerprint density at radius 2 is 2.08 bits per heavy atom. The Morgan fingerprint density at radius 1 is 1.46 bits per heavy atom. The van der Waals surface area contributed by atoms with Crippen LogP contribution in [0.2, 0.25) is 0 Å².